The Balaban J connectivity index is 1.54. The Morgan fingerprint density at radius 2 is 1.83 bits per heavy atom. The summed E-state index contributed by atoms with van der Waals surface area (Å²) < 4.78 is 11.2. The third-order valence-electron chi connectivity index (χ3n) is 5.52. The van der Waals surface area contributed by atoms with Crippen LogP contribution in [0.4, 0.5) is 16.2 Å². The fourth-order valence-electron chi connectivity index (χ4n) is 3.87. The number of amides is 2. The summed E-state index contributed by atoms with van der Waals surface area (Å²) in [4.78, 5) is 36.7. The fraction of sp³-hybridized carbons (Fsp3) is 0.308. The van der Waals surface area contributed by atoms with Gasteiger partial charge in [0.1, 0.15) is 5.60 Å². The zero-order chi connectivity index (χ0) is 25.2. The molecule has 35 heavy (non-hydrogen) atoms. The molecule has 1 aromatic heterocycles. The van der Waals surface area contributed by atoms with Gasteiger partial charge in [-0.25, -0.2) is 4.79 Å². The summed E-state index contributed by atoms with van der Waals surface area (Å²) in [5, 5.41) is 7.66. The van der Waals surface area contributed by atoms with E-state index in [0.717, 1.165) is 22.4 Å². The van der Waals surface area contributed by atoms with E-state index >= 15 is 0 Å². The maximum absolute atomic E-state index is 13.1. The quantitative estimate of drug-likeness (QED) is 0.330. The van der Waals surface area contributed by atoms with Crippen molar-refractivity contribution in [2.45, 2.75) is 38.9 Å². The molecule has 3 aromatic rings. The second-order valence-corrected chi connectivity index (χ2v) is 13.8. The molecule has 0 spiro atoms. The summed E-state index contributed by atoms with van der Waals surface area (Å²) >= 11 is 1.59. The van der Waals surface area contributed by atoms with Crippen LogP contribution < -0.4 is 10.6 Å². The summed E-state index contributed by atoms with van der Waals surface area (Å²) in [6, 6.07) is 16.6. The molecule has 1 saturated heterocycles. The van der Waals surface area contributed by atoms with E-state index < -0.39 is 19.4 Å². The van der Waals surface area contributed by atoms with Crippen LogP contribution in [0.5, 0.6) is 0 Å². The molecule has 0 bridgehead atoms. The molecular weight excluding hydrogens is 483 g/mol. The van der Waals surface area contributed by atoms with Crippen LogP contribution in [0.25, 0.3) is 10.4 Å². The first-order valence-corrected chi connectivity index (χ1v) is 14.9. The Hall–Kier alpha value is -2.77. The van der Waals surface area contributed by atoms with E-state index in [-0.39, 0.29) is 12.0 Å². The van der Waals surface area contributed by atoms with E-state index in [4.69, 9.17) is 9.26 Å². The van der Waals surface area contributed by atoms with Gasteiger partial charge in [-0.2, -0.15) is 0 Å². The van der Waals surface area contributed by atoms with Gasteiger partial charge in [-0.3, -0.25) is 0 Å². The van der Waals surface area contributed by atoms with E-state index in [9.17, 15) is 14.5 Å². The average Bonchev–Trinajstić information content (AvgIpc) is 3.43. The van der Waals surface area contributed by atoms with Crippen LogP contribution in [0.1, 0.15) is 49.2 Å². The number of thiophene rings is 1. The van der Waals surface area contributed by atoms with Crippen LogP contribution in [0.3, 0.4) is 0 Å². The van der Waals surface area contributed by atoms with Gasteiger partial charge in [-0.1, -0.05) is 6.07 Å². The standard InChI is InChI=1S/C26H31N2O5PS/c1-26(2,3)32-25(30)28-20-12-11-19(23-6-5-15-35-23)16-21(20)27-24(29)18-9-7-17(8-10-18)22-13-14-34(4,31)33-22/h5-12,15-16,22,31,34H,13-14H2,1-4H3,(H,27,29)(H,28,30). The SMILES string of the molecule is CC(C)(C)OC(=O)Nc1ccc(-c2cccs2)cc1NC(=O)c1ccc(C2CC[PH](C)(O)O2)cc1. The van der Waals surface area contributed by atoms with Gasteiger partial charge in [0.25, 0.3) is 0 Å². The van der Waals surface area contributed by atoms with Crippen molar-refractivity contribution in [1.82, 2.24) is 0 Å². The molecule has 4 rings (SSSR count). The number of rotatable bonds is 5. The molecule has 1 fully saturated rings. The number of anilines is 2. The Morgan fingerprint density at radius 1 is 1.09 bits per heavy atom. The molecule has 1 unspecified atom stereocenters. The molecule has 2 heterocycles. The summed E-state index contributed by atoms with van der Waals surface area (Å²) in [5.41, 5.74) is 2.60. The molecule has 186 valence electrons. The second-order valence-electron chi connectivity index (χ2n) is 9.76. The molecule has 1 aliphatic rings. The van der Waals surface area contributed by atoms with Crippen LogP contribution in [-0.4, -0.2) is 35.3 Å². The molecule has 7 nitrogen and oxygen atoms in total. The Morgan fingerprint density at radius 3 is 2.43 bits per heavy atom. The number of hydrogen-bond acceptors (Lipinski definition) is 6. The summed E-state index contributed by atoms with van der Waals surface area (Å²) in [6.07, 6.45) is 0.742. The van der Waals surface area contributed by atoms with E-state index in [1.165, 1.54) is 0 Å². The van der Waals surface area contributed by atoms with Gasteiger partial charge in [0.15, 0.2) is 0 Å². The molecule has 2 amide bonds. The van der Waals surface area contributed by atoms with Crippen molar-refractivity contribution < 1.29 is 23.7 Å². The van der Waals surface area contributed by atoms with Crippen LogP contribution in [0.2, 0.25) is 0 Å². The average molecular weight is 515 g/mol. The minimum absolute atomic E-state index is 0.138. The monoisotopic (exact) mass is 514 g/mol. The summed E-state index contributed by atoms with van der Waals surface area (Å²) in [6.45, 7) is 7.16. The molecule has 0 saturated carbocycles. The van der Waals surface area contributed by atoms with Gasteiger partial charge in [0.2, 0.25) is 0 Å². The predicted molar refractivity (Wildman–Crippen MR) is 144 cm³/mol. The zero-order valence-corrected chi connectivity index (χ0v) is 22.1. The topological polar surface area (TPSA) is 96.9 Å². The van der Waals surface area contributed by atoms with Crippen molar-refractivity contribution in [3.63, 3.8) is 0 Å². The third kappa shape index (κ3) is 6.67. The number of carbonyl (C=O) groups excluding carboxylic acids is 2. The molecule has 0 radical (unpaired) electrons. The van der Waals surface area contributed by atoms with Crippen LogP contribution >= 0.6 is 19.1 Å². The second kappa shape index (κ2) is 10.1. The molecule has 9 heteroatoms. The minimum atomic E-state index is -2.56. The van der Waals surface area contributed by atoms with Crippen molar-refractivity contribution in [3.8, 4) is 10.4 Å². The third-order valence-corrected chi connectivity index (χ3v) is 8.45. The van der Waals surface area contributed by atoms with Gasteiger partial charge >= 0.3 is 145 Å². The number of hydrogen-bond donors (Lipinski definition) is 3. The van der Waals surface area contributed by atoms with Crippen molar-refractivity contribution in [3.05, 3.63) is 71.1 Å². The zero-order valence-electron chi connectivity index (χ0n) is 20.3. The molecule has 3 N–H and O–H groups in total. The Kier molecular flexibility index (Phi) is 7.29. The molecule has 1 atom stereocenters. The molecular formula is C26H31N2O5PS. The molecule has 1 aliphatic heterocycles. The summed E-state index contributed by atoms with van der Waals surface area (Å²) in [7, 11) is -2.56. The fourth-order valence-corrected chi connectivity index (χ4v) is 6.37. The van der Waals surface area contributed by atoms with Gasteiger partial charge < -0.3 is 4.74 Å². The normalized spacial score (nSPS) is 18.0. The first-order chi connectivity index (χ1) is 16.5. The van der Waals surface area contributed by atoms with Crippen LogP contribution in [-0.2, 0) is 9.26 Å². The number of ether oxygens (including phenoxy) is 1. The van der Waals surface area contributed by atoms with Gasteiger partial charge in [0, 0.05) is 0 Å². The van der Waals surface area contributed by atoms with Gasteiger partial charge in [-0.15, -0.1) is 11.3 Å². The Labute approximate surface area is 210 Å². The van der Waals surface area contributed by atoms with Crippen molar-refractivity contribution >= 4 is 42.4 Å². The van der Waals surface area contributed by atoms with E-state index in [1.54, 1.807) is 57.0 Å². The van der Waals surface area contributed by atoms with E-state index in [1.807, 2.05) is 41.8 Å². The first kappa shape index (κ1) is 25.3. The van der Waals surface area contributed by atoms with Gasteiger partial charge in [-0.05, 0) is 32.2 Å². The van der Waals surface area contributed by atoms with Gasteiger partial charge in [0.05, 0.1) is 0 Å². The van der Waals surface area contributed by atoms with Crippen molar-refractivity contribution in [2.24, 2.45) is 0 Å². The number of nitrogens with one attached hydrogen (secondary N) is 2. The van der Waals surface area contributed by atoms with E-state index in [2.05, 4.69) is 10.6 Å². The predicted octanol–water partition coefficient (Wildman–Crippen LogP) is 6.68. The molecule has 0 aliphatic carbocycles. The maximum atomic E-state index is 13.1. The first-order valence-electron chi connectivity index (χ1n) is 11.5. The van der Waals surface area contributed by atoms with E-state index in [0.29, 0.717) is 23.1 Å². The number of carbonyl (C=O) groups is 2. The summed E-state index contributed by atoms with van der Waals surface area (Å²) in [5.74, 6) is -0.305. The van der Waals surface area contributed by atoms with Crippen LogP contribution in [0, 0.1) is 0 Å². The van der Waals surface area contributed by atoms with Crippen LogP contribution in [0.15, 0.2) is 60.0 Å². The van der Waals surface area contributed by atoms with Crippen molar-refractivity contribution in [1.29, 1.82) is 0 Å². The molecule has 2 aromatic carbocycles. The number of benzene rings is 2. The van der Waals surface area contributed by atoms with Crippen molar-refractivity contribution in [2.75, 3.05) is 23.5 Å². The Bertz CT molecular complexity index is 1200.